The normalized spacial score (nSPS) is 26.2. The molecule has 1 aromatic heterocycles. The summed E-state index contributed by atoms with van der Waals surface area (Å²) in [6.45, 7) is 2.62. The maximum absolute atomic E-state index is 13.6. The summed E-state index contributed by atoms with van der Waals surface area (Å²) >= 11 is 0. The van der Waals surface area contributed by atoms with Crippen molar-refractivity contribution >= 4 is 11.9 Å². The zero-order chi connectivity index (χ0) is 26.3. The first-order valence-electron chi connectivity index (χ1n) is 12.2. The van der Waals surface area contributed by atoms with Gasteiger partial charge in [0.05, 0.1) is 11.6 Å². The third-order valence-corrected chi connectivity index (χ3v) is 7.91. The van der Waals surface area contributed by atoms with Crippen LogP contribution in [0.3, 0.4) is 0 Å². The minimum atomic E-state index is -4.85. The number of amides is 1. The van der Waals surface area contributed by atoms with Gasteiger partial charge in [-0.3, -0.25) is 9.59 Å². The second-order valence-corrected chi connectivity index (χ2v) is 10.0. The standard InChI is InChI=1S/C26H30F3N3O4/c1-3-17-14-21(10-12-25(17,23(34)35)19-11-13-30-31-15-19)32(20-8-9-20)22(33)16-4-6-18(7-5-16)24(2,36)26(27,28)29/h4-7,11,13,15,17,20-21,36H,3,8-10,12,14H2,1-2H3,(H,34,35)/t17?,21?,24?,25-/m0/s1. The van der Waals surface area contributed by atoms with E-state index in [1.165, 1.54) is 24.5 Å². The Morgan fingerprint density at radius 3 is 2.25 bits per heavy atom. The van der Waals surface area contributed by atoms with Crippen LogP contribution in [0.25, 0.3) is 0 Å². The molecule has 1 aromatic carbocycles. The number of halogens is 3. The van der Waals surface area contributed by atoms with Crippen molar-refractivity contribution in [2.45, 2.75) is 81.6 Å². The maximum atomic E-state index is 13.6. The first-order valence-corrected chi connectivity index (χ1v) is 12.2. The molecule has 2 aliphatic carbocycles. The molecule has 7 nitrogen and oxygen atoms in total. The molecule has 3 unspecified atom stereocenters. The molecule has 2 saturated carbocycles. The number of aliphatic carboxylic acids is 1. The van der Waals surface area contributed by atoms with Gasteiger partial charge in [0, 0.05) is 23.8 Å². The zero-order valence-corrected chi connectivity index (χ0v) is 20.2. The number of rotatable bonds is 7. The SMILES string of the molecule is CCC1CC(N(C(=O)c2ccc(C(C)(O)C(F)(F)F)cc2)C2CC2)CC[C@@]1(C(=O)O)c1ccnnc1. The molecule has 36 heavy (non-hydrogen) atoms. The Hall–Kier alpha value is -3.01. The Kier molecular flexibility index (Phi) is 6.85. The number of benzene rings is 1. The molecule has 0 aliphatic heterocycles. The molecule has 0 radical (unpaired) electrons. The number of carboxylic acids is 1. The third kappa shape index (κ3) is 4.47. The Balaban J connectivity index is 1.59. The Labute approximate surface area is 207 Å². The Morgan fingerprint density at radius 2 is 1.75 bits per heavy atom. The lowest BCUT2D eigenvalue weighted by Crippen LogP contribution is -2.53. The molecule has 2 aliphatic rings. The molecule has 1 amide bonds. The monoisotopic (exact) mass is 505 g/mol. The van der Waals surface area contributed by atoms with Gasteiger partial charge in [0.15, 0.2) is 5.60 Å². The second-order valence-electron chi connectivity index (χ2n) is 10.0. The fourth-order valence-electron chi connectivity index (χ4n) is 5.59. The first kappa shape index (κ1) is 26.1. The average Bonchev–Trinajstić information content (AvgIpc) is 3.69. The molecule has 10 heteroatoms. The van der Waals surface area contributed by atoms with Crippen LogP contribution >= 0.6 is 0 Å². The first-order chi connectivity index (χ1) is 16.9. The van der Waals surface area contributed by atoms with Crippen LogP contribution < -0.4 is 0 Å². The van der Waals surface area contributed by atoms with Crippen molar-refractivity contribution in [1.82, 2.24) is 15.1 Å². The van der Waals surface area contributed by atoms with Crippen LogP contribution in [0.4, 0.5) is 13.2 Å². The molecular weight excluding hydrogens is 475 g/mol. The van der Waals surface area contributed by atoms with E-state index in [-0.39, 0.29) is 35.0 Å². The van der Waals surface area contributed by atoms with Gasteiger partial charge in [0.2, 0.25) is 0 Å². The summed E-state index contributed by atoms with van der Waals surface area (Å²) in [4.78, 5) is 27.9. The number of nitrogens with zero attached hydrogens (tertiary/aromatic N) is 3. The lowest BCUT2D eigenvalue weighted by atomic mass is 9.60. The van der Waals surface area contributed by atoms with Crippen molar-refractivity contribution in [2.24, 2.45) is 5.92 Å². The van der Waals surface area contributed by atoms with E-state index >= 15 is 0 Å². The quantitative estimate of drug-likeness (QED) is 0.576. The number of hydrogen-bond acceptors (Lipinski definition) is 5. The van der Waals surface area contributed by atoms with Crippen LogP contribution in [0, 0.1) is 5.92 Å². The molecule has 4 atom stereocenters. The maximum Gasteiger partial charge on any atom is 0.421 e. The topological polar surface area (TPSA) is 104 Å². The number of carbonyl (C=O) groups is 2. The summed E-state index contributed by atoms with van der Waals surface area (Å²) in [7, 11) is 0. The Bertz CT molecular complexity index is 1100. The smallest absolute Gasteiger partial charge is 0.421 e. The van der Waals surface area contributed by atoms with E-state index in [1.54, 1.807) is 11.0 Å². The molecular formula is C26H30F3N3O4. The molecule has 0 spiro atoms. The van der Waals surface area contributed by atoms with E-state index in [1.807, 2.05) is 6.92 Å². The van der Waals surface area contributed by atoms with Crippen LogP contribution in [-0.4, -0.2) is 55.4 Å². The summed E-state index contributed by atoms with van der Waals surface area (Å²) in [5.41, 5.74) is -3.64. The van der Waals surface area contributed by atoms with Gasteiger partial charge in [-0.1, -0.05) is 25.5 Å². The number of aromatic nitrogens is 2. The van der Waals surface area contributed by atoms with Crippen molar-refractivity contribution in [3.63, 3.8) is 0 Å². The lowest BCUT2D eigenvalue weighted by molar-refractivity contribution is -0.258. The van der Waals surface area contributed by atoms with E-state index < -0.39 is 23.2 Å². The van der Waals surface area contributed by atoms with Crippen LogP contribution in [0.5, 0.6) is 0 Å². The van der Waals surface area contributed by atoms with Gasteiger partial charge >= 0.3 is 12.1 Å². The minimum absolute atomic E-state index is 0.0258. The predicted molar refractivity (Wildman–Crippen MR) is 124 cm³/mol. The van der Waals surface area contributed by atoms with E-state index in [9.17, 15) is 33.0 Å². The summed E-state index contributed by atoms with van der Waals surface area (Å²) in [6, 6.07) is 6.43. The number of carbonyl (C=O) groups excluding carboxylic acids is 1. The average molecular weight is 506 g/mol. The minimum Gasteiger partial charge on any atom is -0.481 e. The van der Waals surface area contributed by atoms with E-state index in [0.717, 1.165) is 25.0 Å². The number of alkyl halides is 3. The molecule has 0 bridgehead atoms. The highest BCUT2D eigenvalue weighted by Crippen LogP contribution is 2.48. The molecule has 194 valence electrons. The highest BCUT2D eigenvalue weighted by molar-refractivity contribution is 5.95. The van der Waals surface area contributed by atoms with E-state index in [2.05, 4.69) is 10.2 Å². The second kappa shape index (κ2) is 9.46. The van der Waals surface area contributed by atoms with Gasteiger partial charge < -0.3 is 15.1 Å². The van der Waals surface area contributed by atoms with Crippen LogP contribution in [0.15, 0.2) is 42.7 Å². The molecule has 0 saturated heterocycles. The summed E-state index contributed by atoms with van der Waals surface area (Å²) in [6.07, 6.45) is 1.70. The largest absolute Gasteiger partial charge is 0.481 e. The van der Waals surface area contributed by atoms with Crippen LogP contribution in [-0.2, 0) is 15.8 Å². The van der Waals surface area contributed by atoms with Crippen molar-refractivity contribution < 1.29 is 33.0 Å². The van der Waals surface area contributed by atoms with Crippen LogP contribution in [0.2, 0.25) is 0 Å². The molecule has 2 aromatic rings. The zero-order valence-electron chi connectivity index (χ0n) is 20.2. The van der Waals surface area contributed by atoms with Gasteiger partial charge in [-0.2, -0.15) is 23.4 Å². The van der Waals surface area contributed by atoms with Crippen LogP contribution in [0.1, 0.15) is 73.9 Å². The van der Waals surface area contributed by atoms with E-state index in [4.69, 9.17) is 0 Å². The fourth-order valence-corrected chi connectivity index (χ4v) is 5.59. The van der Waals surface area contributed by atoms with E-state index in [0.29, 0.717) is 38.2 Å². The molecule has 2 N–H and O–H groups in total. The third-order valence-electron chi connectivity index (χ3n) is 7.91. The van der Waals surface area contributed by atoms with Crippen molar-refractivity contribution in [2.75, 3.05) is 0 Å². The predicted octanol–water partition coefficient (Wildman–Crippen LogP) is 4.45. The van der Waals surface area contributed by atoms with Gasteiger partial charge in [0.25, 0.3) is 5.91 Å². The summed E-state index contributed by atoms with van der Waals surface area (Å²) < 4.78 is 39.6. The molecule has 1 heterocycles. The number of carboxylic acid groups (broad SMARTS) is 1. The van der Waals surface area contributed by atoms with Gasteiger partial charge in [0.1, 0.15) is 0 Å². The lowest BCUT2D eigenvalue weighted by Gasteiger charge is -2.46. The summed E-state index contributed by atoms with van der Waals surface area (Å²) in [5, 5.41) is 27.9. The van der Waals surface area contributed by atoms with Crippen molar-refractivity contribution in [3.05, 3.63) is 59.4 Å². The van der Waals surface area contributed by atoms with Gasteiger partial charge in [-0.05, 0) is 74.3 Å². The van der Waals surface area contributed by atoms with Crippen molar-refractivity contribution in [1.29, 1.82) is 0 Å². The highest BCUT2D eigenvalue weighted by atomic mass is 19.4. The van der Waals surface area contributed by atoms with Gasteiger partial charge in [-0.25, -0.2) is 0 Å². The molecule has 2 fully saturated rings. The molecule has 4 rings (SSSR count). The van der Waals surface area contributed by atoms with Gasteiger partial charge in [-0.15, -0.1) is 0 Å². The number of aliphatic hydroxyl groups is 1. The van der Waals surface area contributed by atoms with Crippen molar-refractivity contribution in [3.8, 4) is 0 Å². The fraction of sp³-hybridized carbons (Fsp3) is 0.538. The summed E-state index contributed by atoms with van der Waals surface area (Å²) in [5.74, 6) is -1.45. The Morgan fingerprint density at radius 1 is 1.08 bits per heavy atom. The number of hydrogen-bond donors (Lipinski definition) is 2. The highest BCUT2D eigenvalue weighted by Gasteiger charge is 2.53.